The predicted molar refractivity (Wildman–Crippen MR) is 85.2 cm³/mol. The molecule has 20 heavy (non-hydrogen) atoms. The van der Waals surface area contributed by atoms with Crippen LogP contribution >= 0.6 is 12.4 Å². The van der Waals surface area contributed by atoms with Crippen LogP contribution in [0.15, 0.2) is 24.4 Å². The number of fused-ring (bicyclic) bond motifs is 1. The lowest BCUT2D eigenvalue weighted by Crippen LogP contribution is -2.34. The van der Waals surface area contributed by atoms with Gasteiger partial charge in [-0.25, -0.2) is 0 Å². The average Bonchev–Trinajstić information content (AvgIpc) is 2.82. The van der Waals surface area contributed by atoms with Crippen LogP contribution in [0.3, 0.4) is 0 Å². The highest BCUT2D eigenvalue weighted by Gasteiger charge is 2.10. The van der Waals surface area contributed by atoms with Crippen molar-refractivity contribution in [3.63, 3.8) is 0 Å². The maximum absolute atomic E-state index is 11.6. The zero-order valence-corrected chi connectivity index (χ0v) is 12.7. The van der Waals surface area contributed by atoms with Gasteiger partial charge in [-0.3, -0.25) is 4.79 Å². The summed E-state index contributed by atoms with van der Waals surface area (Å²) in [6.07, 6.45) is 2.85. The SMILES string of the molecule is Cc1cccc2c(CCNC(=O)C(C)CN)c[nH]c12.Cl. The van der Waals surface area contributed by atoms with E-state index in [0.29, 0.717) is 13.1 Å². The Morgan fingerprint density at radius 2 is 2.20 bits per heavy atom. The number of aryl methyl sites for hydroxylation is 1. The molecule has 1 atom stereocenters. The molecule has 0 aliphatic rings. The molecule has 1 amide bonds. The molecule has 0 radical (unpaired) electrons. The first kappa shape index (κ1) is 16.5. The molecule has 110 valence electrons. The third kappa shape index (κ3) is 3.52. The fourth-order valence-electron chi connectivity index (χ4n) is 2.17. The number of aromatic nitrogens is 1. The molecule has 0 aliphatic heterocycles. The highest BCUT2D eigenvalue weighted by molar-refractivity contribution is 5.86. The number of benzene rings is 1. The second kappa shape index (κ2) is 7.31. The lowest BCUT2D eigenvalue weighted by molar-refractivity contribution is -0.124. The molecule has 1 aromatic carbocycles. The molecule has 0 saturated carbocycles. The van der Waals surface area contributed by atoms with Crippen molar-refractivity contribution in [1.29, 1.82) is 0 Å². The lowest BCUT2D eigenvalue weighted by atomic mass is 10.1. The minimum atomic E-state index is -0.120. The second-order valence-corrected chi connectivity index (χ2v) is 4.99. The molecule has 4 N–H and O–H groups in total. The van der Waals surface area contributed by atoms with Gasteiger partial charge >= 0.3 is 0 Å². The van der Waals surface area contributed by atoms with Gasteiger partial charge in [0.15, 0.2) is 0 Å². The number of rotatable bonds is 5. The Morgan fingerprint density at radius 3 is 2.90 bits per heavy atom. The van der Waals surface area contributed by atoms with Crippen LogP contribution in [-0.4, -0.2) is 24.0 Å². The summed E-state index contributed by atoms with van der Waals surface area (Å²) >= 11 is 0. The number of hydrogen-bond donors (Lipinski definition) is 3. The van der Waals surface area contributed by atoms with Gasteiger partial charge in [-0.05, 0) is 24.5 Å². The Morgan fingerprint density at radius 1 is 1.45 bits per heavy atom. The normalized spacial score (nSPS) is 11.9. The van der Waals surface area contributed by atoms with Crippen molar-refractivity contribution < 1.29 is 4.79 Å². The number of H-pyrrole nitrogens is 1. The van der Waals surface area contributed by atoms with E-state index in [4.69, 9.17) is 5.73 Å². The topological polar surface area (TPSA) is 70.9 Å². The van der Waals surface area contributed by atoms with E-state index in [1.807, 2.05) is 13.1 Å². The number of para-hydroxylation sites is 1. The first-order valence-corrected chi connectivity index (χ1v) is 6.67. The number of carbonyl (C=O) groups is 1. The first-order chi connectivity index (χ1) is 9.13. The van der Waals surface area contributed by atoms with Crippen LogP contribution in [0, 0.1) is 12.8 Å². The average molecular weight is 296 g/mol. The summed E-state index contributed by atoms with van der Waals surface area (Å²) in [7, 11) is 0. The summed E-state index contributed by atoms with van der Waals surface area (Å²) in [6, 6.07) is 6.26. The predicted octanol–water partition coefficient (Wildman–Crippen LogP) is 2.15. The van der Waals surface area contributed by atoms with Crippen molar-refractivity contribution in [1.82, 2.24) is 10.3 Å². The van der Waals surface area contributed by atoms with Gasteiger partial charge in [0, 0.05) is 36.1 Å². The Bertz CT molecular complexity index is 580. The van der Waals surface area contributed by atoms with Crippen LogP contribution in [0.4, 0.5) is 0 Å². The van der Waals surface area contributed by atoms with Crippen molar-refractivity contribution in [3.05, 3.63) is 35.5 Å². The second-order valence-electron chi connectivity index (χ2n) is 4.99. The summed E-state index contributed by atoms with van der Waals surface area (Å²) in [5, 5.41) is 4.16. The fourth-order valence-corrected chi connectivity index (χ4v) is 2.17. The van der Waals surface area contributed by atoms with Gasteiger partial charge in [0.2, 0.25) is 5.91 Å². The standard InChI is InChI=1S/C15H21N3O.ClH/c1-10-4-3-5-13-12(9-18-14(10)13)6-7-17-15(19)11(2)8-16;/h3-5,9,11,18H,6-8,16H2,1-2H3,(H,17,19);1H. The van der Waals surface area contributed by atoms with Gasteiger partial charge in [-0.15, -0.1) is 12.4 Å². The minimum absolute atomic E-state index is 0. The van der Waals surface area contributed by atoms with Crippen LogP contribution in [0.5, 0.6) is 0 Å². The van der Waals surface area contributed by atoms with E-state index >= 15 is 0 Å². The summed E-state index contributed by atoms with van der Waals surface area (Å²) in [5.74, 6) is -0.0938. The van der Waals surface area contributed by atoms with Crippen molar-refractivity contribution in [2.45, 2.75) is 20.3 Å². The first-order valence-electron chi connectivity index (χ1n) is 6.67. The van der Waals surface area contributed by atoms with Gasteiger partial charge in [-0.2, -0.15) is 0 Å². The maximum Gasteiger partial charge on any atom is 0.224 e. The van der Waals surface area contributed by atoms with Crippen molar-refractivity contribution >= 4 is 29.2 Å². The number of amides is 1. The third-order valence-electron chi connectivity index (χ3n) is 3.50. The maximum atomic E-state index is 11.6. The Kier molecular flexibility index (Phi) is 6.05. The number of hydrogen-bond acceptors (Lipinski definition) is 2. The number of nitrogens with one attached hydrogen (secondary N) is 2. The number of nitrogens with two attached hydrogens (primary N) is 1. The molecular weight excluding hydrogens is 274 g/mol. The highest BCUT2D eigenvalue weighted by Crippen LogP contribution is 2.21. The quantitative estimate of drug-likeness (QED) is 0.791. The molecule has 0 spiro atoms. The molecule has 0 bridgehead atoms. The molecule has 4 nitrogen and oxygen atoms in total. The molecule has 2 rings (SSSR count). The molecule has 0 fully saturated rings. The molecular formula is C15H22ClN3O. The summed E-state index contributed by atoms with van der Waals surface area (Å²) in [5.41, 5.74) is 9.12. The van der Waals surface area contributed by atoms with E-state index in [1.165, 1.54) is 22.0 Å². The van der Waals surface area contributed by atoms with E-state index in [9.17, 15) is 4.79 Å². The molecule has 5 heteroatoms. The van der Waals surface area contributed by atoms with Gasteiger partial charge in [0.1, 0.15) is 0 Å². The van der Waals surface area contributed by atoms with Gasteiger partial charge in [0.05, 0.1) is 0 Å². The van der Waals surface area contributed by atoms with E-state index in [2.05, 4.69) is 35.4 Å². The summed E-state index contributed by atoms with van der Waals surface area (Å²) in [6.45, 7) is 4.96. The zero-order chi connectivity index (χ0) is 13.8. The van der Waals surface area contributed by atoms with Crippen LogP contribution in [0.25, 0.3) is 10.9 Å². The molecule has 0 aliphatic carbocycles. The molecule has 2 aromatic rings. The Balaban J connectivity index is 0.00000200. The van der Waals surface area contributed by atoms with Crippen molar-refractivity contribution in [2.75, 3.05) is 13.1 Å². The molecule has 1 aromatic heterocycles. The van der Waals surface area contributed by atoms with Crippen molar-refractivity contribution in [2.24, 2.45) is 11.7 Å². The van der Waals surface area contributed by atoms with Crippen molar-refractivity contribution in [3.8, 4) is 0 Å². The van der Waals surface area contributed by atoms with Crippen LogP contribution < -0.4 is 11.1 Å². The van der Waals surface area contributed by atoms with Crippen LogP contribution in [-0.2, 0) is 11.2 Å². The zero-order valence-electron chi connectivity index (χ0n) is 11.9. The molecule has 1 unspecified atom stereocenters. The number of carbonyl (C=O) groups excluding carboxylic acids is 1. The van der Waals surface area contributed by atoms with Gasteiger partial charge in [0.25, 0.3) is 0 Å². The summed E-state index contributed by atoms with van der Waals surface area (Å²) in [4.78, 5) is 14.9. The Hall–Kier alpha value is -1.52. The summed E-state index contributed by atoms with van der Waals surface area (Å²) < 4.78 is 0. The van der Waals surface area contributed by atoms with E-state index < -0.39 is 0 Å². The lowest BCUT2D eigenvalue weighted by Gasteiger charge is -2.09. The molecule has 0 saturated heterocycles. The van der Waals surface area contributed by atoms with E-state index in [0.717, 1.165) is 6.42 Å². The largest absolute Gasteiger partial charge is 0.361 e. The third-order valence-corrected chi connectivity index (χ3v) is 3.50. The Labute approximate surface area is 125 Å². The number of aromatic amines is 1. The van der Waals surface area contributed by atoms with Gasteiger partial charge < -0.3 is 16.0 Å². The molecule has 1 heterocycles. The fraction of sp³-hybridized carbons (Fsp3) is 0.400. The smallest absolute Gasteiger partial charge is 0.224 e. The minimum Gasteiger partial charge on any atom is -0.361 e. The van der Waals surface area contributed by atoms with Crippen LogP contribution in [0.2, 0.25) is 0 Å². The van der Waals surface area contributed by atoms with Crippen LogP contribution in [0.1, 0.15) is 18.1 Å². The number of halogens is 1. The van der Waals surface area contributed by atoms with Gasteiger partial charge in [-0.1, -0.05) is 25.1 Å². The van der Waals surface area contributed by atoms with E-state index in [-0.39, 0.29) is 24.2 Å². The van der Waals surface area contributed by atoms with E-state index in [1.54, 1.807) is 0 Å². The highest BCUT2D eigenvalue weighted by atomic mass is 35.5. The monoisotopic (exact) mass is 295 g/mol.